The fourth-order valence-corrected chi connectivity index (χ4v) is 2.72. The van der Waals surface area contributed by atoms with Crippen molar-refractivity contribution in [1.29, 1.82) is 0 Å². The summed E-state index contributed by atoms with van der Waals surface area (Å²) in [6, 6.07) is 2.08. The second-order valence-electron chi connectivity index (χ2n) is 4.74. The van der Waals surface area contributed by atoms with Crippen LogP contribution in [0.4, 0.5) is 0 Å². The van der Waals surface area contributed by atoms with Crippen LogP contribution in [-0.2, 0) is 26.3 Å². The topological polar surface area (TPSA) is 31.0 Å². The molecule has 0 unspecified atom stereocenters. The smallest absolute Gasteiger partial charge is 0.113 e. The standard InChI is InChI=1S/C14H18N2O/c1-3-12-14(11-8-9-16(2)15-11)10-6-4-5-7-13(10)17-12/h8-9H,3-7H2,1-2H3. The summed E-state index contributed by atoms with van der Waals surface area (Å²) in [5, 5.41) is 4.53. The molecule has 0 radical (unpaired) electrons. The van der Waals surface area contributed by atoms with E-state index in [-0.39, 0.29) is 0 Å². The van der Waals surface area contributed by atoms with E-state index in [1.165, 1.54) is 29.7 Å². The maximum atomic E-state index is 6.00. The lowest BCUT2D eigenvalue weighted by molar-refractivity contribution is 0.447. The van der Waals surface area contributed by atoms with Gasteiger partial charge in [0.2, 0.25) is 0 Å². The molecule has 3 rings (SSSR count). The van der Waals surface area contributed by atoms with Crippen molar-refractivity contribution in [2.75, 3.05) is 0 Å². The largest absolute Gasteiger partial charge is 0.465 e. The molecule has 0 bridgehead atoms. The van der Waals surface area contributed by atoms with Crippen molar-refractivity contribution >= 4 is 0 Å². The van der Waals surface area contributed by atoms with Gasteiger partial charge in [0.1, 0.15) is 11.5 Å². The van der Waals surface area contributed by atoms with Crippen molar-refractivity contribution < 1.29 is 4.42 Å². The maximum absolute atomic E-state index is 6.00. The molecule has 0 spiro atoms. The first kappa shape index (κ1) is 10.6. The van der Waals surface area contributed by atoms with E-state index in [1.54, 1.807) is 0 Å². The molecule has 2 aromatic rings. The van der Waals surface area contributed by atoms with E-state index in [1.807, 2.05) is 17.9 Å². The van der Waals surface area contributed by atoms with Gasteiger partial charge in [0.15, 0.2) is 0 Å². The Morgan fingerprint density at radius 2 is 2.18 bits per heavy atom. The molecule has 90 valence electrons. The molecule has 0 saturated carbocycles. The monoisotopic (exact) mass is 230 g/mol. The number of hydrogen-bond donors (Lipinski definition) is 0. The summed E-state index contributed by atoms with van der Waals surface area (Å²) in [5.74, 6) is 2.31. The molecule has 0 fully saturated rings. The lowest BCUT2D eigenvalue weighted by Gasteiger charge is -2.09. The van der Waals surface area contributed by atoms with Crippen LogP contribution >= 0.6 is 0 Å². The van der Waals surface area contributed by atoms with Crippen LogP contribution in [0.5, 0.6) is 0 Å². The molecule has 0 atom stereocenters. The van der Waals surface area contributed by atoms with Crippen LogP contribution in [0.1, 0.15) is 36.8 Å². The number of nitrogens with zero attached hydrogens (tertiary/aromatic N) is 2. The molecule has 3 heteroatoms. The van der Waals surface area contributed by atoms with Crippen molar-refractivity contribution in [3.8, 4) is 11.3 Å². The Bertz CT molecular complexity index is 536. The van der Waals surface area contributed by atoms with Crippen molar-refractivity contribution in [2.45, 2.75) is 39.0 Å². The SMILES string of the molecule is CCc1oc2c(c1-c1ccn(C)n1)CCCC2. The molecular weight excluding hydrogens is 212 g/mol. The zero-order valence-corrected chi connectivity index (χ0v) is 10.5. The number of aryl methyl sites for hydroxylation is 3. The van der Waals surface area contributed by atoms with Crippen LogP contribution in [0.3, 0.4) is 0 Å². The van der Waals surface area contributed by atoms with Crippen molar-refractivity contribution in [3.63, 3.8) is 0 Å². The van der Waals surface area contributed by atoms with Crippen molar-refractivity contribution in [2.24, 2.45) is 7.05 Å². The Balaban J connectivity index is 2.16. The zero-order valence-electron chi connectivity index (χ0n) is 10.5. The second-order valence-corrected chi connectivity index (χ2v) is 4.74. The Morgan fingerprint density at radius 3 is 2.88 bits per heavy atom. The van der Waals surface area contributed by atoms with Gasteiger partial charge in [-0.05, 0) is 25.3 Å². The highest BCUT2D eigenvalue weighted by atomic mass is 16.3. The lowest BCUT2D eigenvalue weighted by atomic mass is 9.93. The molecule has 0 amide bonds. The summed E-state index contributed by atoms with van der Waals surface area (Å²) in [6.45, 7) is 2.15. The predicted molar refractivity (Wildman–Crippen MR) is 66.9 cm³/mol. The van der Waals surface area contributed by atoms with Crippen LogP contribution in [0.25, 0.3) is 11.3 Å². The number of hydrogen-bond acceptors (Lipinski definition) is 2. The number of aromatic nitrogens is 2. The molecule has 17 heavy (non-hydrogen) atoms. The van der Waals surface area contributed by atoms with Crippen LogP contribution < -0.4 is 0 Å². The van der Waals surface area contributed by atoms with E-state index in [4.69, 9.17) is 4.42 Å². The summed E-state index contributed by atoms with van der Waals surface area (Å²) >= 11 is 0. The van der Waals surface area contributed by atoms with E-state index in [2.05, 4.69) is 18.1 Å². The van der Waals surface area contributed by atoms with Crippen molar-refractivity contribution in [3.05, 3.63) is 29.3 Å². The van der Waals surface area contributed by atoms with E-state index < -0.39 is 0 Å². The quantitative estimate of drug-likeness (QED) is 0.793. The van der Waals surface area contributed by atoms with Gasteiger partial charge in [0, 0.05) is 37.2 Å². The molecule has 2 aromatic heterocycles. The molecule has 3 nitrogen and oxygen atoms in total. The van der Waals surface area contributed by atoms with Gasteiger partial charge < -0.3 is 4.42 Å². The molecule has 0 N–H and O–H groups in total. The van der Waals surface area contributed by atoms with E-state index in [0.29, 0.717) is 0 Å². The minimum atomic E-state index is 0.943. The number of rotatable bonds is 2. The minimum Gasteiger partial charge on any atom is -0.465 e. The molecule has 1 aliphatic carbocycles. The summed E-state index contributed by atoms with van der Waals surface area (Å²) in [4.78, 5) is 0. The molecular formula is C14H18N2O. The maximum Gasteiger partial charge on any atom is 0.113 e. The van der Waals surface area contributed by atoms with Gasteiger partial charge in [-0.3, -0.25) is 4.68 Å². The molecule has 0 aromatic carbocycles. The minimum absolute atomic E-state index is 0.943. The first-order valence-electron chi connectivity index (χ1n) is 6.43. The fraction of sp³-hybridized carbons (Fsp3) is 0.500. The number of fused-ring (bicyclic) bond motifs is 1. The highest BCUT2D eigenvalue weighted by Crippen LogP contribution is 2.36. The van der Waals surface area contributed by atoms with E-state index in [9.17, 15) is 0 Å². The zero-order chi connectivity index (χ0) is 11.8. The van der Waals surface area contributed by atoms with E-state index >= 15 is 0 Å². The highest BCUT2D eigenvalue weighted by Gasteiger charge is 2.23. The summed E-state index contributed by atoms with van der Waals surface area (Å²) in [7, 11) is 1.96. The van der Waals surface area contributed by atoms with Gasteiger partial charge in [-0.2, -0.15) is 5.10 Å². The van der Waals surface area contributed by atoms with Crippen LogP contribution in [-0.4, -0.2) is 9.78 Å². The summed E-state index contributed by atoms with van der Waals surface area (Å²) in [6.07, 6.45) is 7.71. The molecule has 0 saturated heterocycles. The fourth-order valence-electron chi connectivity index (χ4n) is 2.72. The summed E-state index contributed by atoms with van der Waals surface area (Å²) < 4.78 is 7.86. The van der Waals surface area contributed by atoms with Crippen LogP contribution in [0.2, 0.25) is 0 Å². The van der Waals surface area contributed by atoms with Gasteiger partial charge in [-0.1, -0.05) is 6.92 Å². The first-order chi connectivity index (χ1) is 8.29. The van der Waals surface area contributed by atoms with Crippen LogP contribution in [0.15, 0.2) is 16.7 Å². The van der Waals surface area contributed by atoms with E-state index in [0.717, 1.165) is 30.7 Å². The van der Waals surface area contributed by atoms with Gasteiger partial charge in [0.25, 0.3) is 0 Å². The third-order valence-electron chi connectivity index (χ3n) is 3.54. The average Bonchev–Trinajstić information content (AvgIpc) is 2.91. The third kappa shape index (κ3) is 1.70. The Kier molecular flexibility index (Phi) is 2.54. The molecule has 2 heterocycles. The first-order valence-corrected chi connectivity index (χ1v) is 6.43. The van der Waals surface area contributed by atoms with Gasteiger partial charge in [-0.25, -0.2) is 0 Å². The highest BCUT2D eigenvalue weighted by molar-refractivity contribution is 5.67. The van der Waals surface area contributed by atoms with Crippen LogP contribution in [0, 0.1) is 0 Å². The second kappa shape index (κ2) is 4.06. The summed E-state index contributed by atoms with van der Waals surface area (Å²) in [5.41, 5.74) is 3.74. The Labute approximate surface area is 101 Å². The normalized spacial score (nSPS) is 14.9. The van der Waals surface area contributed by atoms with Gasteiger partial charge >= 0.3 is 0 Å². The van der Waals surface area contributed by atoms with Gasteiger partial charge in [-0.15, -0.1) is 0 Å². The molecule has 1 aliphatic rings. The van der Waals surface area contributed by atoms with Gasteiger partial charge in [0.05, 0.1) is 5.69 Å². The number of furan rings is 1. The third-order valence-corrected chi connectivity index (χ3v) is 3.54. The average molecular weight is 230 g/mol. The Hall–Kier alpha value is -1.51. The van der Waals surface area contributed by atoms with Crippen molar-refractivity contribution in [1.82, 2.24) is 9.78 Å². The lowest BCUT2D eigenvalue weighted by Crippen LogP contribution is -2.00. The Morgan fingerprint density at radius 1 is 1.35 bits per heavy atom. The molecule has 0 aliphatic heterocycles. The predicted octanol–water partition coefficient (Wildman–Crippen LogP) is 3.12.